The summed E-state index contributed by atoms with van der Waals surface area (Å²) in [5, 5.41) is 0. The summed E-state index contributed by atoms with van der Waals surface area (Å²) < 4.78 is 0. The van der Waals surface area contributed by atoms with Crippen molar-refractivity contribution in [2.75, 3.05) is 0 Å². The molecule has 0 aliphatic heterocycles. The van der Waals surface area contributed by atoms with Crippen LogP contribution in [0.3, 0.4) is 0 Å². The summed E-state index contributed by atoms with van der Waals surface area (Å²) in [6, 6.07) is 0. The fraction of sp³-hybridized carbons (Fsp3) is 1.00. The van der Waals surface area contributed by atoms with Crippen molar-refractivity contribution in [3.63, 3.8) is 0 Å². The first-order valence-electron chi connectivity index (χ1n) is 15.6. The molecule has 0 aromatic carbocycles. The van der Waals surface area contributed by atoms with Gasteiger partial charge in [-0.15, -0.1) is 0 Å². The highest BCUT2D eigenvalue weighted by Crippen LogP contribution is 2.78. The molecular formula is C38H74. The van der Waals surface area contributed by atoms with Crippen LogP contribution in [0, 0.1) is 105 Å². The first-order valence-corrected chi connectivity index (χ1v) is 15.6. The van der Waals surface area contributed by atoms with Crippen LogP contribution in [-0.2, 0) is 0 Å². The van der Waals surface area contributed by atoms with Crippen LogP contribution in [0.1, 0.15) is 138 Å². The molecule has 0 amide bonds. The zero-order chi connectivity index (χ0) is 24.9. The van der Waals surface area contributed by atoms with E-state index >= 15 is 0 Å². The van der Waals surface area contributed by atoms with Crippen molar-refractivity contribution < 1.29 is 0 Å². The highest BCUT2D eigenvalue weighted by Gasteiger charge is 2.72. The third-order valence-corrected chi connectivity index (χ3v) is 16.8. The Bertz CT molecular complexity index is 804. The normalized spacial score (nSPS) is 53.4. The van der Waals surface area contributed by atoms with E-state index < -0.39 is 0 Å². The molecule has 0 aromatic rings. The van der Waals surface area contributed by atoms with E-state index in [4.69, 9.17) is 0 Å². The van der Waals surface area contributed by atoms with Crippen LogP contribution in [0.15, 0.2) is 0 Å². The summed E-state index contributed by atoms with van der Waals surface area (Å²) in [5.41, 5.74) is 2.29. The van der Waals surface area contributed by atoms with Gasteiger partial charge in [0.25, 0.3) is 0 Å². The third-order valence-electron chi connectivity index (χ3n) is 16.8. The lowest BCUT2D eigenvalue weighted by molar-refractivity contribution is -0.0704. The predicted molar refractivity (Wildman–Crippen MR) is 172 cm³/mol. The van der Waals surface area contributed by atoms with Crippen molar-refractivity contribution in [2.45, 2.75) is 138 Å². The highest BCUT2D eigenvalue weighted by molar-refractivity contribution is 5.20. The third kappa shape index (κ3) is 3.64. The van der Waals surface area contributed by atoms with Crippen LogP contribution in [-0.4, -0.2) is 0 Å². The summed E-state index contributed by atoms with van der Waals surface area (Å²) in [6.45, 7) is 30.6. The maximum absolute atomic E-state index is 2.58. The van der Waals surface area contributed by atoms with Gasteiger partial charge in [0.05, 0.1) is 0 Å². The number of hydrogen-bond donors (Lipinski definition) is 0. The molecule has 0 heterocycles. The second-order valence-electron chi connectivity index (χ2n) is 17.5. The van der Waals surface area contributed by atoms with E-state index in [9.17, 15) is 0 Å². The molecule has 0 N–H and O–H groups in total. The Morgan fingerprint density at radius 2 is 0.711 bits per heavy atom. The summed E-state index contributed by atoms with van der Waals surface area (Å²) in [5.74, 6) is 14.6. The van der Waals surface area contributed by atoms with Crippen molar-refractivity contribution in [1.82, 2.24) is 0 Å². The van der Waals surface area contributed by atoms with E-state index in [2.05, 4.69) is 83.1 Å². The van der Waals surface area contributed by atoms with E-state index in [1.807, 2.05) is 0 Å². The van der Waals surface area contributed by atoms with E-state index in [0.29, 0.717) is 21.7 Å². The molecular weight excluding hydrogens is 456 g/mol. The summed E-state index contributed by atoms with van der Waals surface area (Å²) in [7, 11) is 0. The Kier molecular flexibility index (Phi) is 8.81. The monoisotopic (exact) mass is 531 g/mol. The van der Waals surface area contributed by atoms with Crippen molar-refractivity contribution in [2.24, 2.45) is 105 Å². The number of fused-ring (bicyclic) bond motifs is 14. The Labute approximate surface area is 242 Å². The molecule has 0 heteroatoms. The molecule has 14 unspecified atom stereocenters. The molecule has 38 heavy (non-hydrogen) atoms. The van der Waals surface area contributed by atoms with E-state index in [0.717, 1.165) is 82.9 Å². The zero-order valence-electron chi connectivity index (χ0n) is 24.9. The average molecular weight is 531 g/mol. The molecule has 0 nitrogen and oxygen atoms in total. The minimum atomic E-state index is 0. The molecule has 7 aliphatic rings. The SMILES string of the molecule is C.C.C.C.CC1C(C)C2CC1C1C2C2CC1C(C)(C)C2(C)C.CC1CC2C(C1C)C1CC2C(C)(C)C1(C)C. The lowest BCUT2D eigenvalue weighted by atomic mass is 9.50. The number of hydrogen-bond acceptors (Lipinski definition) is 0. The Morgan fingerprint density at radius 1 is 0.368 bits per heavy atom. The molecule has 0 spiro atoms. The van der Waals surface area contributed by atoms with Crippen LogP contribution in [0.4, 0.5) is 0 Å². The molecule has 7 saturated carbocycles. The van der Waals surface area contributed by atoms with Gasteiger partial charge in [-0.1, -0.05) is 113 Å². The fourth-order valence-electron chi connectivity index (χ4n) is 13.2. The van der Waals surface area contributed by atoms with Crippen molar-refractivity contribution in [3.05, 3.63) is 0 Å². The smallest absolute Gasteiger partial charge is 0.0269 e. The Hall–Kier alpha value is 0. The lowest BCUT2D eigenvalue weighted by Crippen LogP contribution is -2.50. The zero-order valence-corrected chi connectivity index (χ0v) is 24.9. The van der Waals surface area contributed by atoms with Crippen LogP contribution in [0.25, 0.3) is 0 Å². The van der Waals surface area contributed by atoms with Gasteiger partial charge in [-0.3, -0.25) is 0 Å². The first-order chi connectivity index (χ1) is 15.6. The second-order valence-corrected chi connectivity index (χ2v) is 17.5. The quantitative estimate of drug-likeness (QED) is 0.273. The van der Waals surface area contributed by atoms with Gasteiger partial charge in [-0.25, -0.2) is 0 Å². The van der Waals surface area contributed by atoms with Crippen LogP contribution in [0.2, 0.25) is 0 Å². The molecule has 14 atom stereocenters. The topological polar surface area (TPSA) is 0 Å². The lowest BCUT2D eigenvalue weighted by Gasteiger charge is -2.55. The van der Waals surface area contributed by atoms with Crippen molar-refractivity contribution in [1.29, 1.82) is 0 Å². The average Bonchev–Trinajstić information content (AvgIpc) is 3.53. The largest absolute Gasteiger partial charge is 0.0776 e. The highest BCUT2D eigenvalue weighted by atomic mass is 14.8. The number of rotatable bonds is 0. The Balaban J connectivity index is 0.000000243. The Morgan fingerprint density at radius 3 is 1.13 bits per heavy atom. The van der Waals surface area contributed by atoms with Crippen LogP contribution < -0.4 is 0 Å². The van der Waals surface area contributed by atoms with Gasteiger partial charge >= 0.3 is 0 Å². The minimum absolute atomic E-state index is 0. The van der Waals surface area contributed by atoms with E-state index in [1.54, 1.807) is 12.8 Å². The van der Waals surface area contributed by atoms with Crippen LogP contribution >= 0.6 is 0 Å². The van der Waals surface area contributed by atoms with Crippen molar-refractivity contribution in [3.8, 4) is 0 Å². The predicted octanol–water partition coefficient (Wildman–Crippen LogP) is 12.0. The van der Waals surface area contributed by atoms with E-state index in [-0.39, 0.29) is 29.7 Å². The van der Waals surface area contributed by atoms with Crippen LogP contribution in [0.5, 0.6) is 0 Å². The maximum Gasteiger partial charge on any atom is -0.0269 e. The molecule has 7 aliphatic carbocycles. The van der Waals surface area contributed by atoms with Gasteiger partial charge in [-0.2, -0.15) is 0 Å². The van der Waals surface area contributed by atoms with Gasteiger partial charge in [0.2, 0.25) is 0 Å². The van der Waals surface area contributed by atoms with Crippen molar-refractivity contribution >= 4 is 0 Å². The molecule has 0 radical (unpaired) electrons. The summed E-state index contributed by atoms with van der Waals surface area (Å²) in [4.78, 5) is 0. The van der Waals surface area contributed by atoms with Gasteiger partial charge in [0, 0.05) is 0 Å². The first kappa shape index (κ1) is 34.2. The second kappa shape index (κ2) is 9.79. The van der Waals surface area contributed by atoms with Gasteiger partial charge in [0.1, 0.15) is 0 Å². The molecule has 6 bridgehead atoms. The molecule has 0 saturated heterocycles. The molecule has 0 aromatic heterocycles. The van der Waals surface area contributed by atoms with Gasteiger partial charge in [0.15, 0.2) is 0 Å². The summed E-state index contributed by atoms with van der Waals surface area (Å²) >= 11 is 0. The maximum atomic E-state index is 2.58. The fourth-order valence-corrected chi connectivity index (χ4v) is 13.2. The molecule has 226 valence electrons. The van der Waals surface area contributed by atoms with E-state index in [1.165, 1.54) is 12.8 Å². The minimum Gasteiger partial charge on any atom is -0.0776 e. The summed E-state index contributed by atoms with van der Waals surface area (Å²) in [6.07, 6.45) is 6.19. The van der Waals surface area contributed by atoms with Gasteiger partial charge in [-0.05, 0) is 130 Å². The molecule has 7 rings (SSSR count). The molecule has 7 fully saturated rings. The van der Waals surface area contributed by atoms with Gasteiger partial charge < -0.3 is 0 Å². The standard InChI is InChI=1S/C18H30.C16H28.4CH4/c1-9-10(2)12-7-11(9)15-13-8-14(16(12)15)18(5,6)17(13,3)4;1-9-7-11-12-8-13(14(11)10(9)2)16(5,6)15(12,3)4;;;;/h9-16H,7-8H2,1-6H3;9-14H,7-8H2,1-6H3;4*1H4.